The van der Waals surface area contributed by atoms with Crippen LogP contribution in [-0.2, 0) is 19.1 Å². The van der Waals surface area contributed by atoms with Crippen LogP contribution in [0.25, 0.3) is 0 Å². The van der Waals surface area contributed by atoms with Crippen LogP contribution in [-0.4, -0.2) is 25.2 Å². The van der Waals surface area contributed by atoms with Crippen molar-refractivity contribution in [2.45, 2.75) is 19.8 Å². The third-order valence-electron chi connectivity index (χ3n) is 4.54. The number of carbonyl (C=O) groups excluding carboxylic acids is 2. The number of benzene rings is 1. The average molecular weight is 350 g/mol. The number of rotatable bonds is 5. The number of ether oxygens (including phenoxy) is 2. The van der Waals surface area contributed by atoms with E-state index < -0.39 is 11.8 Å². The average Bonchev–Trinajstić information content (AvgIpc) is 2.79. The standard InChI is InChI=1S/C22H22O4/c1-3-25-21(23)19-16-13-9-6-10-14-17(16)20(22(24)26-4-2)18(19)15-11-7-5-8-12-15/h5-14,18-19H,3-4H2,1-2H3. The van der Waals surface area contributed by atoms with Crippen molar-refractivity contribution >= 4 is 11.9 Å². The second kappa shape index (κ2) is 8.00. The van der Waals surface area contributed by atoms with Gasteiger partial charge < -0.3 is 9.47 Å². The predicted octanol–water partition coefficient (Wildman–Crippen LogP) is 3.88. The zero-order valence-corrected chi connectivity index (χ0v) is 15.0. The molecule has 26 heavy (non-hydrogen) atoms. The summed E-state index contributed by atoms with van der Waals surface area (Å²) in [5.74, 6) is -1.71. The van der Waals surface area contributed by atoms with Gasteiger partial charge in [0.25, 0.3) is 0 Å². The predicted molar refractivity (Wildman–Crippen MR) is 99.3 cm³/mol. The minimum atomic E-state index is -0.570. The van der Waals surface area contributed by atoms with Gasteiger partial charge in [-0.2, -0.15) is 0 Å². The van der Waals surface area contributed by atoms with E-state index in [0.717, 1.165) is 16.7 Å². The van der Waals surface area contributed by atoms with E-state index in [1.54, 1.807) is 13.8 Å². The second-order valence-electron chi connectivity index (χ2n) is 6.03. The Balaban J connectivity index is 2.20. The lowest BCUT2D eigenvalue weighted by Crippen LogP contribution is -2.25. The van der Waals surface area contributed by atoms with Crippen molar-refractivity contribution in [1.82, 2.24) is 0 Å². The lowest BCUT2D eigenvalue weighted by molar-refractivity contribution is -0.147. The van der Waals surface area contributed by atoms with Crippen LogP contribution in [0, 0.1) is 5.92 Å². The summed E-state index contributed by atoms with van der Waals surface area (Å²) < 4.78 is 10.7. The molecule has 2 atom stereocenters. The number of fused-ring (bicyclic) bond motifs is 1. The smallest absolute Gasteiger partial charge is 0.335 e. The van der Waals surface area contributed by atoms with Gasteiger partial charge in [-0.3, -0.25) is 4.79 Å². The fourth-order valence-corrected chi connectivity index (χ4v) is 3.55. The van der Waals surface area contributed by atoms with Crippen molar-refractivity contribution in [3.63, 3.8) is 0 Å². The van der Waals surface area contributed by atoms with E-state index in [9.17, 15) is 9.59 Å². The summed E-state index contributed by atoms with van der Waals surface area (Å²) in [5, 5.41) is 0. The fraction of sp³-hybridized carbons (Fsp3) is 0.273. The van der Waals surface area contributed by atoms with Gasteiger partial charge in [-0.25, -0.2) is 4.79 Å². The summed E-state index contributed by atoms with van der Waals surface area (Å²) in [4.78, 5) is 25.6. The Morgan fingerprint density at radius 2 is 1.69 bits per heavy atom. The maximum absolute atomic E-state index is 12.8. The highest BCUT2D eigenvalue weighted by Gasteiger charge is 2.46. The lowest BCUT2D eigenvalue weighted by atomic mass is 9.83. The molecule has 1 aromatic rings. The highest BCUT2D eigenvalue weighted by atomic mass is 16.5. The third-order valence-corrected chi connectivity index (χ3v) is 4.54. The highest BCUT2D eigenvalue weighted by molar-refractivity contribution is 5.98. The Labute approximate surface area is 153 Å². The van der Waals surface area contributed by atoms with Gasteiger partial charge in [-0.05, 0) is 30.6 Å². The molecule has 2 unspecified atom stereocenters. The molecule has 0 aromatic heterocycles. The summed E-state index contributed by atoms with van der Waals surface area (Å²) in [6.07, 6.45) is 9.38. The van der Waals surface area contributed by atoms with E-state index >= 15 is 0 Å². The molecule has 4 heteroatoms. The number of carbonyl (C=O) groups is 2. The zero-order chi connectivity index (χ0) is 18.5. The molecule has 0 fully saturated rings. The molecular weight excluding hydrogens is 328 g/mol. The van der Waals surface area contributed by atoms with Gasteiger partial charge in [0, 0.05) is 5.92 Å². The van der Waals surface area contributed by atoms with E-state index in [-0.39, 0.29) is 18.5 Å². The molecule has 0 amide bonds. The SMILES string of the molecule is CCOC(=O)C1=C2C=CC=CC=C2C(C(=O)OCC)C1c1ccccc1. The number of hydrogen-bond donors (Lipinski definition) is 0. The molecule has 0 spiro atoms. The first-order valence-corrected chi connectivity index (χ1v) is 8.87. The Morgan fingerprint density at radius 1 is 0.962 bits per heavy atom. The van der Waals surface area contributed by atoms with Gasteiger partial charge >= 0.3 is 11.9 Å². The van der Waals surface area contributed by atoms with Gasteiger partial charge in [-0.15, -0.1) is 0 Å². The molecule has 0 saturated carbocycles. The molecular formula is C22H22O4. The van der Waals surface area contributed by atoms with Crippen LogP contribution in [0.5, 0.6) is 0 Å². The van der Waals surface area contributed by atoms with Crippen LogP contribution in [0.2, 0.25) is 0 Å². The molecule has 2 aliphatic carbocycles. The van der Waals surface area contributed by atoms with Crippen LogP contribution in [0.4, 0.5) is 0 Å². The van der Waals surface area contributed by atoms with Crippen molar-refractivity contribution < 1.29 is 19.1 Å². The van der Waals surface area contributed by atoms with Crippen molar-refractivity contribution in [1.29, 1.82) is 0 Å². The molecule has 0 radical (unpaired) electrons. The summed E-state index contributed by atoms with van der Waals surface area (Å²) >= 11 is 0. The summed E-state index contributed by atoms with van der Waals surface area (Å²) in [6, 6.07) is 9.59. The minimum absolute atomic E-state index is 0.280. The molecule has 0 saturated heterocycles. The quantitative estimate of drug-likeness (QED) is 0.757. The maximum Gasteiger partial charge on any atom is 0.335 e. The summed E-state index contributed by atoms with van der Waals surface area (Å²) in [5.41, 5.74) is 2.96. The fourth-order valence-electron chi connectivity index (χ4n) is 3.55. The number of hydrogen-bond acceptors (Lipinski definition) is 4. The Bertz CT molecular complexity index is 812. The second-order valence-corrected chi connectivity index (χ2v) is 6.03. The van der Waals surface area contributed by atoms with Crippen molar-refractivity contribution in [3.05, 3.63) is 83.0 Å². The molecule has 0 bridgehead atoms. The third kappa shape index (κ3) is 3.27. The maximum atomic E-state index is 12.8. The van der Waals surface area contributed by atoms with E-state index in [1.807, 2.05) is 60.7 Å². The van der Waals surface area contributed by atoms with Crippen LogP contribution < -0.4 is 0 Å². The largest absolute Gasteiger partial charge is 0.465 e. The van der Waals surface area contributed by atoms with Crippen molar-refractivity contribution in [2.75, 3.05) is 13.2 Å². The Morgan fingerprint density at radius 3 is 2.38 bits per heavy atom. The van der Waals surface area contributed by atoms with Gasteiger partial charge in [-0.1, -0.05) is 60.7 Å². The van der Waals surface area contributed by atoms with Gasteiger partial charge in [0.2, 0.25) is 0 Å². The van der Waals surface area contributed by atoms with E-state index in [4.69, 9.17) is 9.47 Å². The first-order chi connectivity index (χ1) is 12.7. The molecule has 0 heterocycles. The molecule has 2 aliphatic rings. The zero-order valence-electron chi connectivity index (χ0n) is 15.0. The number of allylic oxidation sites excluding steroid dienone is 6. The van der Waals surface area contributed by atoms with Gasteiger partial charge in [0.1, 0.15) is 0 Å². The van der Waals surface area contributed by atoms with Crippen molar-refractivity contribution in [2.24, 2.45) is 5.92 Å². The van der Waals surface area contributed by atoms with Crippen LogP contribution in [0.15, 0.2) is 77.4 Å². The molecule has 134 valence electrons. The first-order valence-electron chi connectivity index (χ1n) is 8.87. The normalized spacial score (nSPS) is 21.1. The highest BCUT2D eigenvalue weighted by Crippen LogP contribution is 2.49. The van der Waals surface area contributed by atoms with Gasteiger partial charge in [0.15, 0.2) is 0 Å². The van der Waals surface area contributed by atoms with Crippen LogP contribution in [0.1, 0.15) is 25.3 Å². The Hall–Kier alpha value is -2.88. The minimum Gasteiger partial charge on any atom is -0.465 e. The summed E-state index contributed by atoms with van der Waals surface area (Å²) in [7, 11) is 0. The molecule has 0 aliphatic heterocycles. The monoisotopic (exact) mass is 350 g/mol. The van der Waals surface area contributed by atoms with Crippen LogP contribution >= 0.6 is 0 Å². The number of esters is 2. The van der Waals surface area contributed by atoms with E-state index in [0.29, 0.717) is 12.2 Å². The molecule has 3 rings (SSSR count). The lowest BCUT2D eigenvalue weighted by Gasteiger charge is -2.22. The summed E-state index contributed by atoms with van der Waals surface area (Å²) in [6.45, 7) is 4.13. The topological polar surface area (TPSA) is 52.6 Å². The molecule has 1 aromatic carbocycles. The van der Waals surface area contributed by atoms with E-state index in [1.165, 1.54) is 0 Å². The molecule has 0 N–H and O–H groups in total. The van der Waals surface area contributed by atoms with Crippen LogP contribution in [0.3, 0.4) is 0 Å². The first kappa shape index (κ1) is 17.9. The Kier molecular flexibility index (Phi) is 5.52. The molecule has 4 nitrogen and oxygen atoms in total. The van der Waals surface area contributed by atoms with Crippen molar-refractivity contribution in [3.8, 4) is 0 Å². The van der Waals surface area contributed by atoms with E-state index in [2.05, 4.69) is 0 Å². The van der Waals surface area contributed by atoms with Gasteiger partial charge in [0.05, 0.1) is 24.7 Å².